The van der Waals surface area contributed by atoms with Crippen LogP contribution in [0.2, 0.25) is 0 Å². The highest BCUT2D eigenvalue weighted by Crippen LogP contribution is 2.26. The summed E-state index contributed by atoms with van der Waals surface area (Å²) in [4.78, 5) is 23.6. The minimum Gasteiger partial charge on any atom is -0.337 e. The number of likely N-dealkylation sites (tertiary alicyclic amines) is 1. The van der Waals surface area contributed by atoms with E-state index in [0.29, 0.717) is 5.69 Å². The molecule has 140 valence electrons. The summed E-state index contributed by atoms with van der Waals surface area (Å²) in [5, 5.41) is 7.37. The predicted molar refractivity (Wildman–Crippen MR) is 109 cm³/mol. The molecule has 0 atom stereocenters. The lowest BCUT2D eigenvalue weighted by molar-refractivity contribution is 0.0718. The van der Waals surface area contributed by atoms with Crippen molar-refractivity contribution in [2.24, 2.45) is 7.05 Å². The average molecular weight is 371 g/mol. The smallest absolute Gasteiger partial charge is 0.272 e. The third kappa shape index (κ3) is 3.01. The number of amides is 1. The van der Waals surface area contributed by atoms with Gasteiger partial charge in [0.05, 0.1) is 0 Å². The maximum atomic E-state index is 12.8. The van der Waals surface area contributed by atoms with Gasteiger partial charge in [-0.1, -0.05) is 12.1 Å². The number of nitrogens with zero attached hydrogens (tertiary/aromatic N) is 5. The van der Waals surface area contributed by atoms with Crippen LogP contribution in [0.25, 0.3) is 32.9 Å². The fourth-order valence-electron chi connectivity index (χ4n) is 3.89. The summed E-state index contributed by atoms with van der Waals surface area (Å²) in [6.45, 7) is 1.66. The van der Waals surface area contributed by atoms with Gasteiger partial charge in [0.15, 0.2) is 5.65 Å². The molecule has 6 heteroatoms. The molecule has 1 amide bonds. The van der Waals surface area contributed by atoms with Crippen molar-refractivity contribution in [3.05, 3.63) is 54.6 Å². The maximum absolute atomic E-state index is 12.8. The van der Waals surface area contributed by atoms with E-state index in [9.17, 15) is 4.79 Å². The molecule has 0 aliphatic carbocycles. The zero-order valence-corrected chi connectivity index (χ0v) is 15.8. The average Bonchev–Trinajstić information content (AvgIpc) is 3.12. The monoisotopic (exact) mass is 371 g/mol. The van der Waals surface area contributed by atoms with Gasteiger partial charge in [0.1, 0.15) is 5.69 Å². The van der Waals surface area contributed by atoms with Crippen LogP contribution in [0.1, 0.15) is 29.8 Å². The van der Waals surface area contributed by atoms with E-state index in [4.69, 9.17) is 0 Å². The summed E-state index contributed by atoms with van der Waals surface area (Å²) in [7, 11) is 1.89. The molecular weight excluding hydrogens is 350 g/mol. The predicted octanol–water partition coefficient (Wildman–Crippen LogP) is 3.81. The number of rotatable bonds is 2. The van der Waals surface area contributed by atoms with Gasteiger partial charge in [-0.3, -0.25) is 14.5 Å². The Morgan fingerprint density at radius 2 is 1.71 bits per heavy atom. The van der Waals surface area contributed by atoms with E-state index in [0.717, 1.165) is 58.9 Å². The van der Waals surface area contributed by atoms with Gasteiger partial charge in [0.2, 0.25) is 0 Å². The maximum Gasteiger partial charge on any atom is 0.272 e. The third-order valence-corrected chi connectivity index (χ3v) is 5.39. The number of piperidine rings is 1. The van der Waals surface area contributed by atoms with E-state index in [1.54, 1.807) is 10.9 Å². The van der Waals surface area contributed by atoms with Crippen LogP contribution in [0.5, 0.6) is 0 Å². The number of carbonyl (C=O) groups is 1. The number of aromatic nitrogens is 4. The molecule has 4 heterocycles. The lowest BCUT2D eigenvalue weighted by Gasteiger charge is -2.26. The van der Waals surface area contributed by atoms with Crippen molar-refractivity contribution < 1.29 is 4.79 Å². The fourth-order valence-corrected chi connectivity index (χ4v) is 3.89. The van der Waals surface area contributed by atoms with Crippen LogP contribution < -0.4 is 0 Å². The highest BCUT2D eigenvalue weighted by molar-refractivity contribution is 5.97. The highest BCUT2D eigenvalue weighted by Gasteiger charge is 2.19. The van der Waals surface area contributed by atoms with Gasteiger partial charge in [-0.25, -0.2) is 4.98 Å². The SMILES string of the molecule is Cn1cc2cc(-c3ccc4cnc(C(=O)N5CCCCC5)cc4c3)cnc2n1. The van der Waals surface area contributed by atoms with Crippen molar-refractivity contribution in [1.29, 1.82) is 0 Å². The van der Waals surface area contributed by atoms with Crippen molar-refractivity contribution in [2.75, 3.05) is 13.1 Å². The van der Waals surface area contributed by atoms with Gasteiger partial charge in [-0.05, 0) is 48.4 Å². The zero-order valence-electron chi connectivity index (χ0n) is 15.8. The highest BCUT2D eigenvalue weighted by atomic mass is 16.2. The van der Waals surface area contributed by atoms with Crippen molar-refractivity contribution in [2.45, 2.75) is 19.3 Å². The van der Waals surface area contributed by atoms with E-state index >= 15 is 0 Å². The molecule has 0 unspecified atom stereocenters. The van der Waals surface area contributed by atoms with Crippen molar-refractivity contribution in [3.63, 3.8) is 0 Å². The van der Waals surface area contributed by atoms with E-state index in [-0.39, 0.29) is 5.91 Å². The molecule has 0 saturated carbocycles. The van der Waals surface area contributed by atoms with E-state index in [2.05, 4.69) is 33.3 Å². The number of fused-ring (bicyclic) bond motifs is 2. The lowest BCUT2D eigenvalue weighted by atomic mass is 10.0. The summed E-state index contributed by atoms with van der Waals surface area (Å²) in [5.74, 6) is 0.0328. The van der Waals surface area contributed by atoms with Crippen LogP contribution in [0.4, 0.5) is 0 Å². The summed E-state index contributed by atoms with van der Waals surface area (Å²) < 4.78 is 1.77. The summed E-state index contributed by atoms with van der Waals surface area (Å²) in [6, 6.07) is 10.2. The number of pyridine rings is 2. The van der Waals surface area contributed by atoms with Gasteiger partial charge in [-0.15, -0.1) is 0 Å². The van der Waals surface area contributed by atoms with Gasteiger partial charge < -0.3 is 4.90 Å². The molecule has 5 rings (SSSR count). The first kappa shape index (κ1) is 16.9. The number of carbonyl (C=O) groups excluding carboxylic acids is 1. The molecule has 28 heavy (non-hydrogen) atoms. The molecule has 0 N–H and O–H groups in total. The van der Waals surface area contributed by atoms with E-state index in [1.807, 2.05) is 36.5 Å². The number of hydrogen-bond acceptors (Lipinski definition) is 4. The first-order chi connectivity index (χ1) is 13.7. The number of benzene rings is 1. The number of hydrogen-bond donors (Lipinski definition) is 0. The Balaban J connectivity index is 1.52. The summed E-state index contributed by atoms with van der Waals surface area (Å²) in [6.07, 6.45) is 8.96. The van der Waals surface area contributed by atoms with Gasteiger partial charge in [0, 0.05) is 55.1 Å². The molecule has 0 spiro atoms. The Bertz CT molecular complexity index is 1190. The molecule has 1 fully saturated rings. The summed E-state index contributed by atoms with van der Waals surface area (Å²) >= 11 is 0. The van der Waals surface area contributed by atoms with Crippen LogP contribution in [0, 0.1) is 0 Å². The molecule has 0 bridgehead atoms. The van der Waals surface area contributed by atoms with Crippen molar-refractivity contribution in [3.8, 4) is 11.1 Å². The minimum absolute atomic E-state index is 0.0328. The molecular formula is C22H21N5O. The van der Waals surface area contributed by atoms with Crippen LogP contribution in [-0.4, -0.2) is 43.6 Å². The molecule has 0 radical (unpaired) electrons. The second kappa shape index (κ2) is 6.71. The Morgan fingerprint density at radius 1 is 0.893 bits per heavy atom. The van der Waals surface area contributed by atoms with Gasteiger partial charge in [-0.2, -0.15) is 5.10 Å². The van der Waals surface area contributed by atoms with E-state index in [1.165, 1.54) is 6.42 Å². The quantitative estimate of drug-likeness (QED) is 0.537. The Kier molecular flexibility index (Phi) is 4.04. The first-order valence-corrected chi connectivity index (χ1v) is 9.66. The molecule has 1 aliphatic rings. The topological polar surface area (TPSA) is 63.9 Å². The zero-order chi connectivity index (χ0) is 19.1. The molecule has 1 aliphatic heterocycles. The minimum atomic E-state index is 0.0328. The Hall–Kier alpha value is -3.28. The fraction of sp³-hybridized carbons (Fsp3) is 0.273. The Morgan fingerprint density at radius 3 is 2.57 bits per heavy atom. The Labute approximate surface area is 162 Å². The van der Waals surface area contributed by atoms with Crippen LogP contribution in [-0.2, 0) is 7.05 Å². The number of aryl methyl sites for hydroxylation is 1. The normalized spacial score (nSPS) is 14.7. The third-order valence-electron chi connectivity index (χ3n) is 5.39. The lowest BCUT2D eigenvalue weighted by Crippen LogP contribution is -2.36. The molecule has 1 aromatic carbocycles. The van der Waals surface area contributed by atoms with Gasteiger partial charge in [0.25, 0.3) is 5.91 Å². The van der Waals surface area contributed by atoms with Crippen LogP contribution in [0.15, 0.2) is 48.9 Å². The van der Waals surface area contributed by atoms with Crippen molar-refractivity contribution in [1.82, 2.24) is 24.6 Å². The standard InChI is InChI=1S/C22H21N5O/c1-26-14-19-10-18(13-24-21(19)25-26)15-5-6-16-12-23-20(11-17(16)9-15)22(28)27-7-3-2-4-8-27/h5-6,9-14H,2-4,7-8H2,1H3. The van der Waals surface area contributed by atoms with Crippen LogP contribution in [0.3, 0.4) is 0 Å². The van der Waals surface area contributed by atoms with Crippen molar-refractivity contribution >= 4 is 27.7 Å². The molecule has 6 nitrogen and oxygen atoms in total. The van der Waals surface area contributed by atoms with Crippen LogP contribution >= 0.6 is 0 Å². The largest absolute Gasteiger partial charge is 0.337 e. The second-order valence-electron chi connectivity index (χ2n) is 7.42. The van der Waals surface area contributed by atoms with E-state index < -0.39 is 0 Å². The molecule has 3 aromatic heterocycles. The second-order valence-corrected chi connectivity index (χ2v) is 7.42. The summed E-state index contributed by atoms with van der Waals surface area (Å²) in [5.41, 5.74) is 3.36. The molecule has 1 saturated heterocycles. The van der Waals surface area contributed by atoms with Gasteiger partial charge >= 0.3 is 0 Å². The molecule has 4 aromatic rings. The first-order valence-electron chi connectivity index (χ1n) is 9.66.